The van der Waals surface area contributed by atoms with Crippen LogP contribution >= 0.6 is 23.2 Å². The van der Waals surface area contributed by atoms with E-state index in [1.807, 2.05) is 30.3 Å². The molecule has 1 N–H and O–H groups in total. The van der Waals surface area contributed by atoms with E-state index in [9.17, 15) is 4.79 Å². The van der Waals surface area contributed by atoms with E-state index in [4.69, 9.17) is 23.2 Å². The lowest BCUT2D eigenvalue weighted by molar-refractivity contribution is -0.116. The number of hydrogen-bond donors (Lipinski definition) is 1. The van der Waals surface area contributed by atoms with E-state index in [1.165, 1.54) is 0 Å². The number of halogens is 2. The van der Waals surface area contributed by atoms with Crippen molar-refractivity contribution in [2.75, 3.05) is 5.32 Å². The van der Waals surface area contributed by atoms with Crippen LogP contribution in [0.3, 0.4) is 0 Å². The van der Waals surface area contributed by atoms with Crippen LogP contribution < -0.4 is 5.32 Å². The standard InChI is InChI=1S/C15H13Cl2NO/c16-12-8-13(17)10-14(9-12)18-15(19)7-6-11-4-2-1-3-5-11/h1-5,8-10H,6-7H2,(H,18,19). The summed E-state index contributed by atoms with van der Waals surface area (Å²) >= 11 is 11.7. The average Bonchev–Trinajstić information content (AvgIpc) is 2.36. The third kappa shape index (κ3) is 4.58. The van der Waals surface area contributed by atoms with Crippen molar-refractivity contribution in [3.8, 4) is 0 Å². The first kappa shape index (κ1) is 13.9. The van der Waals surface area contributed by atoms with Crippen molar-refractivity contribution in [2.45, 2.75) is 12.8 Å². The van der Waals surface area contributed by atoms with E-state index in [-0.39, 0.29) is 5.91 Å². The topological polar surface area (TPSA) is 29.1 Å². The summed E-state index contributed by atoms with van der Waals surface area (Å²) in [5.74, 6) is -0.0535. The van der Waals surface area contributed by atoms with Gasteiger partial charge in [0, 0.05) is 22.2 Å². The fraction of sp³-hybridized carbons (Fsp3) is 0.133. The molecule has 0 aliphatic heterocycles. The van der Waals surface area contributed by atoms with Gasteiger partial charge in [0.05, 0.1) is 0 Å². The lowest BCUT2D eigenvalue weighted by Crippen LogP contribution is -2.12. The molecule has 19 heavy (non-hydrogen) atoms. The van der Waals surface area contributed by atoms with E-state index in [0.29, 0.717) is 28.6 Å². The summed E-state index contributed by atoms with van der Waals surface area (Å²) in [4.78, 5) is 11.8. The fourth-order valence-electron chi connectivity index (χ4n) is 1.75. The summed E-state index contributed by atoms with van der Waals surface area (Å²) in [7, 11) is 0. The molecule has 0 spiro atoms. The van der Waals surface area contributed by atoms with Gasteiger partial charge in [-0.05, 0) is 30.2 Å². The molecule has 2 aromatic carbocycles. The lowest BCUT2D eigenvalue weighted by Gasteiger charge is -2.06. The maximum absolute atomic E-state index is 11.8. The molecule has 2 rings (SSSR count). The molecule has 2 nitrogen and oxygen atoms in total. The summed E-state index contributed by atoms with van der Waals surface area (Å²) < 4.78 is 0. The molecule has 0 aliphatic carbocycles. The van der Waals surface area contributed by atoms with Crippen molar-refractivity contribution in [2.24, 2.45) is 0 Å². The van der Waals surface area contributed by atoms with Crippen LogP contribution in [-0.4, -0.2) is 5.91 Å². The van der Waals surface area contributed by atoms with Crippen LogP contribution in [0.25, 0.3) is 0 Å². The quantitative estimate of drug-likeness (QED) is 0.879. The largest absolute Gasteiger partial charge is 0.326 e. The first-order valence-corrected chi connectivity index (χ1v) is 6.69. The Morgan fingerprint density at radius 1 is 1.00 bits per heavy atom. The number of carbonyl (C=O) groups excluding carboxylic acids is 1. The van der Waals surface area contributed by atoms with Crippen molar-refractivity contribution >= 4 is 34.8 Å². The Kier molecular flexibility index (Phi) is 4.83. The highest BCUT2D eigenvalue weighted by Gasteiger charge is 2.04. The summed E-state index contributed by atoms with van der Waals surface area (Å²) in [5.41, 5.74) is 1.76. The van der Waals surface area contributed by atoms with Crippen molar-refractivity contribution in [1.82, 2.24) is 0 Å². The van der Waals surface area contributed by atoms with Gasteiger partial charge in [-0.25, -0.2) is 0 Å². The molecule has 1 amide bonds. The summed E-state index contributed by atoms with van der Waals surface area (Å²) in [6.45, 7) is 0. The Morgan fingerprint density at radius 3 is 2.26 bits per heavy atom. The van der Waals surface area contributed by atoms with Crippen molar-refractivity contribution in [3.05, 3.63) is 64.1 Å². The van der Waals surface area contributed by atoms with Crippen LogP contribution in [0.15, 0.2) is 48.5 Å². The third-order valence-electron chi connectivity index (χ3n) is 2.63. The van der Waals surface area contributed by atoms with Gasteiger partial charge >= 0.3 is 0 Å². The van der Waals surface area contributed by atoms with Crippen LogP contribution in [0.1, 0.15) is 12.0 Å². The summed E-state index contributed by atoms with van der Waals surface area (Å²) in [6, 6.07) is 14.9. The van der Waals surface area contributed by atoms with Gasteiger partial charge in [0.15, 0.2) is 0 Å². The molecule has 0 saturated heterocycles. The normalized spacial score (nSPS) is 10.2. The number of hydrogen-bond acceptors (Lipinski definition) is 1. The number of rotatable bonds is 4. The number of aryl methyl sites for hydroxylation is 1. The molecule has 0 saturated carbocycles. The molecule has 4 heteroatoms. The van der Waals surface area contributed by atoms with Gasteiger partial charge in [0.1, 0.15) is 0 Å². The van der Waals surface area contributed by atoms with Crippen LogP contribution in [0.5, 0.6) is 0 Å². The molecule has 0 bridgehead atoms. The molecule has 0 aliphatic rings. The van der Waals surface area contributed by atoms with Gasteiger partial charge in [-0.1, -0.05) is 53.5 Å². The van der Waals surface area contributed by atoms with E-state index in [1.54, 1.807) is 18.2 Å². The third-order valence-corrected chi connectivity index (χ3v) is 3.07. The zero-order valence-corrected chi connectivity index (χ0v) is 11.7. The number of anilines is 1. The van der Waals surface area contributed by atoms with Crippen molar-refractivity contribution < 1.29 is 4.79 Å². The summed E-state index contributed by atoms with van der Waals surface area (Å²) in [6.07, 6.45) is 1.13. The highest BCUT2D eigenvalue weighted by atomic mass is 35.5. The highest BCUT2D eigenvalue weighted by molar-refractivity contribution is 6.35. The maximum Gasteiger partial charge on any atom is 0.224 e. The first-order valence-electron chi connectivity index (χ1n) is 5.93. The molecular weight excluding hydrogens is 281 g/mol. The molecule has 0 atom stereocenters. The maximum atomic E-state index is 11.8. The fourth-order valence-corrected chi connectivity index (χ4v) is 2.28. The highest BCUT2D eigenvalue weighted by Crippen LogP contribution is 2.22. The van der Waals surface area contributed by atoms with E-state index >= 15 is 0 Å². The van der Waals surface area contributed by atoms with Crippen LogP contribution in [-0.2, 0) is 11.2 Å². The van der Waals surface area contributed by atoms with Gasteiger partial charge in [0.2, 0.25) is 5.91 Å². The Hall–Kier alpha value is -1.51. The monoisotopic (exact) mass is 293 g/mol. The van der Waals surface area contributed by atoms with Gasteiger partial charge in [-0.3, -0.25) is 4.79 Å². The minimum Gasteiger partial charge on any atom is -0.326 e. The minimum atomic E-state index is -0.0535. The molecule has 0 fully saturated rings. The molecule has 2 aromatic rings. The molecule has 98 valence electrons. The predicted molar refractivity (Wildman–Crippen MR) is 79.9 cm³/mol. The SMILES string of the molecule is O=C(CCc1ccccc1)Nc1cc(Cl)cc(Cl)c1. The number of carbonyl (C=O) groups is 1. The van der Waals surface area contributed by atoms with Gasteiger partial charge in [0.25, 0.3) is 0 Å². The van der Waals surface area contributed by atoms with Crippen LogP contribution in [0.2, 0.25) is 10.0 Å². The zero-order chi connectivity index (χ0) is 13.7. The van der Waals surface area contributed by atoms with E-state index < -0.39 is 0 Å². The van der Waals surface area contributed by atoms with Crippen molar-refractivity contribution in [1.29, 1.82) is 0 Å². The number of amides is 1. The molecule has 0 aromatic heterocycles. The Labute approximate surface area is 122 Å². The predicted octanol–water partition coefficient (Wildman–Crippen LogP) is 4.56. The zero-order valence-electron chi connectivity index (χ0n) is 10.2. The van der Waals surface area contributed by atoms with Gasteiger partial charge < -0.3 is 5.32 Å². The smallest absolute Gasteiger partial charge is 0.224 e. The lowest BCUT2D eigenvalue weighted by atomic mass is 10.1. The number of nitrogens with one attached hydrogen (secondary N) is 1. The second kappa shape index (κ2) is 6.60. The molecule has 0 radical (unpaired) electrons. The first-order chi connectivity index (χ1) is 9.13. The molecular formula is C15H13Cl2NO. The molecule has 0 unspecified atom stereocenters. The number of benzene rings is 2. The van der Waals surface area contributed by atoms with Crippen LogP contribution in [0.4, 0.5) is 5.69 Å². The summed E-state index contributed by atoms with van der Waals surface area (Å²) in [5, 5.41) is 3.80. The Bertz CT molecular complexity index is 549. The Morgan fingerprint density at radius 2 is 1.63 bits per heavy atom. The Balaban J connectivity index is 1.91. The second-order valence-electron chi connectivity index (χ2n) is 4.19. The van der Waals surface area contributed by atoms with E-state index in [0.717, 1.165) is 5.56 Å². The second-order valence-corrected chi connectivity index (χ2v) is 5.06. The van der Waals surface area contributed by atoms with Crippen molar-refractivity contribution in [3.63, 3.8) is 0 Å². The van der Waals surface area contributed by atoms with Gasteiger partial charge in [-0.2, -0.15) is 0 Å². The van der Waals surface area contributed by atoms with E-state index in [2.05, 4.69) is 5.32 Å². The minimum absolute atomic E-state index is 0.0535. The average molecular weight is 294 g/mol. The molecule has 0 heterocycles. The van der Waals surface area contributed by atoms with Crippen LogP contribution in [0, 0.1) is 0 Å². The van der Waals surface area contributed by atoms with Gasteiger partial charge in [-0.15, -0.1) is 0 Å².